The number of nitrogens with one attached hydrogen (secondary N) is 1. The van der Waals surface area contributed by atoms with Gasteiger partial charge >= 0.3 is 0 Å². The Balaban J connectivity index is 3.15. The molecular weight excluding hydrogens is 158 g/mol. The number of thioether (sulfide) groups is 1. The summed E-state index contributed by atoms with van der Waals surface area (Å²) in [5.41, 5.74) is 0. The van der Waals surface area contributed by atoms with Gasteiger partial charge < -0.3 is 10.4 Å². The number of hydrogen-bond acceptors (Lipinski definition) is 3. The molecule has 2 N–H and O–H groups in total. The van der Waals surface area contributed by atoms with Crippen LogP contribution in [0.15, 0.2) is 0 Å². The summed E-state index contributed by atoms with van der Waals surface area (Å²) in [5.74, 6) is 2.30. The van der Waals surface area contributed by atoms with Gasteiger partial charge in [0, 0.05) is 18.3 Å². The van der Waals surface area contributed by atoms with Gasteiger partial charge in [-0.25, -0.2) is 0 Å². The maximum Gasteiger partial charge on any atom is 0.0636 e. The Morgan fingerprint density at radius 3 is 2.55 bits per heavy atom. The summed E-state index contributed by atoms with van der Waals surface area (Å²) in [7, 11) is 0. The molecule has 11 heavy (non-hydrogen) atoms. The minimum absolute atomic E-state index is 0.232. The van der Waals surface area contributed by atoms with Gasteiger partial charge in [-0.05, 0) is 19.6 Å². The average Bonchev–Trinajstić information content (AvgIpc) is 1.97. The molecule has 0 amide bonds. The van der Waals surface area contributed by atoms with E-state index in [1.54, 1.807) is 6.92 Å². The molecular formula is C8H19NOS. The zero-order chi connectivity index (χ0) is 8.69. The second-order valence-corrected chi connectivity index (χ2v) is 4.14. The topological polar surface area (TPSA) is 32.3 Å². The third-order valence-corrected chi connectivity index (χ3v) is 2.48. The van der Waals surface area contributed by atoms with Crippen LogP contribution in [0.2, 0.25) is 0 Å². The van der Waals surface area contributed by atoms with Crippen LogP contribution in [-0.4, -0.2) is 35.3 Å². The van der Waals surface area contributed by atoms with E-state index in [2.05, 4.69) is 19.2 Å². The maximum atomic E-state index is 8.96. The van der Waals surface area contributed by atoms with Gasteiger partial charge in [-0.1, -0.05) is 6.92 Å². The van der Waals surface area contributed by atoms with Crippen LogP contribution in [0.3, 0.4) is 0 Å². The van der Waals surface area contributed by atoms with Gasteiger partial charge in [0.2, 0.25) is 0 Å². The Morgan fingerprint density at radius 2 is 2.09 bits per heavy atom. The molecule has 2 nitrogen and oxygen atoms in total. The molecule has 0 radical (unpaired) electrons. The van der Waals surface area contributed by atoms with Crippen LogP contribution in [0.1, 0.15) is 20.8 Å². The molecule has 0 spiro atoms. The van der Waals surface area contributed by atoms with Crippen molar-refractivity contribution in [2.45, 2.75) is 32.9 Å². The van der Waals surface area contributed by atoms with Crippen molar-refractivity contribution in [3.8, 4) is 0 Å². The summed E-state index contributed by atoms with van der Waals surface area (Å²) in [6.45, 7) is 6.80. The van der Waals surface area contributed by atoms with Crippen molar-refractivity contribution in [1.29, 1.82) is 0 Å². The summed E-state index contributed by atoms with van der Waals surface area (Å²) in [6.07, 6.45) is -0.232. The first-order valence-electron chi connectivity index (χ1n) is 4.16. The fraction of sp³-hybridized carbons (Fsp3) is 1.00. The molecule has 0 aromatic carbocycles. The third-order valence-electron chi connectivity index (χ3n) is 1.33. The second-order valence-electron chi connectivity index (χ2n) is 2.82. The normalized spacial score (nSPS) is 16.4. The summed E-state index contributed by atoms with van der Waals surface area (Å²) in [4.78, 5) is 0. The number of rotatable bonds is 6. The standard InChI is InChI=1S/C8H19NOS/c1-4-11-6-7(2)9-5-8(3)10/h7-10H,4-6H2,1-3H3. The highest BCUT2D eigenvalue weighted by molar-refractivity contribution is 7.99. The monoisotopic (exact) mass is 177 g/mol. The van der Waals surface area contributed by atoms with Crippen molar-refractivity contribution in [3.63, 3.8) is 0 Å². The zero-order valence-corrected chi connectivity index (χ0v) is 8.45. The van der Waals surface area contributed by atoms with Crippen LogP contribution >= 0.6 is 11.8 Å². The van der Waals surface area contributed by atoms with Gasteiger partial charge in [-0.2, -0.15) is 11.8 Å². The molecule has 0 fully saturated rings. The Labute approximate surface area is 73.8 Å². The molecule has 2 atom stereocenters. The van der Waals surface area contributed by atoms with Crippen molar-refractivity contribution in [2.75, 3.05) is 18.1 Å². The van der Waals surface area contributed by atoms with Crippen molar-refractivity contribution in [3.05, 3.63) is 0 Å². The fourth-order valence-corrected chi connectivity index (χ4v) is 1.43. The van der Waals surface area contributed by atoms with Crippen LogP contribution in [0.5, 0.6) is 0 Å². The summed E-state index contributed by atoms with van der Waals surface area (Å²) >= 11 is 1.92. The molecule has 0 heterocycles. The molecule has 0 bridgehead atoms. The van der Waals surface area contributed by atoms with E-state index in [1.807, 2.05) is 11.8 Å². The first-order chi connectivity index (χ1) is 5.16. The Hall–Kier alpha value is 0.270. The quantitative estimate of drug-likeness (QED) is 0.637. The van der Waals surface area contributed by atoms with Gasteiger partial charge in [-0.15, -0.1) is 0 Å². The SMILES string of the molecule is CCSCC(C)NCC(C)O. The summed E-state index contributed by atoms with van der Waals surface area (Å²) in [5, 5.41) is 12.2. The molecule has 68 valence electrons. The van der Waals surface area contributed by atoms with Gasteiger partial charge in [0.15, 0.2) is 0 Å². The van der Waals surface area contributed by atoms with Crippen LogP contribution < -0.4 is 5.32 Å². The minimum Gasteiger partial charge on any atom is -0.392 e. The molecule has 0 saturated heterocycles. The fourth-order valence-electron chi connectivity index (χ4n) is 0.725. The molecule has 0 aliphatic heterocycles. The molecule has 3 heteroatoms. The number of hydrogen-bond donors (Lipinski definition) is 2. The Bertz CT molecular complexity index is 88.2. The van der Waals surface area contributed by atoms with Crippen molar-refractivity contribution in [1.82, 2.24) is 5.32 Å². The van der Waals surface area contributed by atoms with E-state index in [9.17, 15) is 0 Å². The van der Waals surface area contributed by atoms with Crippen LogP contribution in [0, 0.1) is 0 Å². The molecule has 0 aromatic rings. The second kappa shape index (κ2) is 6.95. The van der Waals surface area contributed by atoms with Gasteiger partial charge in [0.25, 0.3) is 0 Å². The average molecular weight is 177 g/mol. The van der Waals surface area contributed by atoms with E-state index < -0.39 is 0 Å². The van der Waals surface area contributed by atoms with Crippen LogP contribution in [0.25, 0.3) is 0 Å². The lowest BCUT2D eigenvalue weighted by molar-refractivity contribution is 0.188. The van der Waals surface area contributed by atoms with E-state index >= 15 is 0 Å². The predicted molar refractivity (Wildman–Crippen MR) is 52.1 cm³/mol. The van der Waals surface area contributed by atoms with E-state index in [4.69, 9.17) is 5.11 Å². The molecule has 0 rings (SSSR count). The highest BCUT2D eigenvalue weighted by Crippen LogP contribution is 2.00. The highest BCUT2D eigenvalue weighted by Gasteiger charge is 2.01. The first-order valence-corrected chi connectivity index (χ1v) is 5.31. The number of aliphatic hydroxyl groups is 1. The van der Waals surface area contributed by atoms with Crippen molar-refractivity contribution < 1.29 is 5.11 Å². The smallest absolute Gasteiger partial charge is 0.0636 e. The largest absolute Gasteiger partial charge is 0.392 e. The lowest BCUT2D eigenvalue weighted by Crippen LogP contribution is -2.34. The Kier molecular flexibility index (Phi) is 7.12. The van der Waals surface area contributed by atoms with Crippen molar-refractivity contribution in [2.24, 2.45) is 0 Å². The van der Waals surface area contributed by atoms with E-state index in [0.29, 0.717) is 12.6 Å². The number of aliphatic hydroxyl groups excluding tert-OH is 1. The van der Waals surface area contributed by atoms with Gasteiger partial charge in [0.05, 0.1) is 6.10 Å². The minimum atomic E-state index is -0.232. The maximum absolute atomic E-state index is 8.96. The van der Waals surface area contributed by atoms with Crippen molar-refractivity contribution >= 4 is 11.8 Å². The molecule has 0 aliphatic rings. The summed E-state index contributed by atoms with van der Waals surface area (Å²) in [6, 6.07) is 0.509. The lowest BCUT2D eigenvalue weighted by Gasteiger charge is -2.13. The molecule has 2 unspecified atom stereocenters. The van der Waals surface area contributed by atoms with Gasteiger partial charge in [0.1, 0.15) is 0 Å². The van der Waals surface area contributed by atoms with E-state index in [-0.39, 0.29) is 6.10 Å². The molecule has 0 aromatic heterocycles. The van der Waals surface area contributed by atoms with Gasteiger partial charge in [-0.3, -0.25) is 0 Å². The van der Waals surface area contributed by atoms with E-state index in [1.165, 1.54) is 5.75 Å². The Morgan fingerprint density at radius 1 is 1.45 bits per heavy atom. The van der Waals surface area contributed by atoms with E-state index in [0.717, 1.165) is 5.75 Å². The highest BCUT2D eigenvalue weighted by atomic mass is 32.2. The van der Waals surface area contributed by atoms with Crippen LogP contribution in [-0.2, 0) is 0 Å². The lowest BCUT2D eigenvalue weighted by atomic mass is 10.3. The summed E-state index contributed by atoms with van der Waals surface area (Å²) < 4.78 is 0. The molecule has 0 saturated carbocycles. The third kappa shape index (κ3) is 8.17. The first kappa shape index (κ1) is 11.3. The zero-order valence-electron chi connectivity index (χ0n) is 7.63. The molecule has 0 aliphatic carbocycles. The predicted octanol–water partition coefficient (Wildman–Crippen LogP) is 1.10. The van der Waals surface area contributed by atoms with Crippen LogP contribution in [0.4, 0.5) is 0 Å².